The fourth-order valence-corrected chi connectivity index (χ4v) is 3.33. The summed E-state index contributed by atoms with van der Waals surface area (Å²) in [7, 11) is 2.70. The number of rotatable bonds is 6. The zero-order valence-corrected chi connectivity index (χ0v) is 18.7. The summed E-state index contributed by atoms with van der Waals surface area (Å²) in [4.78, 5) is 52.1. The highest BCUT2D eigenvalue weighted by molar-refractivity contribution is 5.88. The molecule has 1 aliphatic heterocycles. The first-order valence-electron chi connectivity index (χ1n) is 10.1. The lowest BCUT2D eigenvalue weighted by molar-refractivity contribution is -0.151. The van der Waals surface area contributed by atoms with Gasteiger partial charge in [0.25, 0.3) is 0 Å². The second-order valence-electron chi connectivity index (χ2n) is 8.58. The van der Waals surface area contributed by atoms with Crippen molar-refractivity contribution in [3.05, 3.63) is 35.9 Å². The Morgan fingerprint density at radius 2 is 1.81 bits per heavy atom. The van der Waals surface area contributed by atoms with E-state index in [1.54, 1.807) is 20.8 Å². The van der Waals surface area contributed by atoms with E-state index in [0.717, 1.165) is 10.5 Å². The monoisotopic (exact) mass is 433 g/mol. The van der Waals surface area contributed by atoms with Gasteiger partial charge in [-0.25, -0.2) is 9.59 Å². The summed E-state index contributed by atoms with van der Waals surface area (Å²) in [6.07, 6.45) is -0.188. The van der Waals surface area contributed by atoms with E-state index in [1.165, 1.54) is 19.1 Å². The molecular weight excluding hydrogens is 402 g/mol. The Morgan fingerprint density at radius 1 is 1.16 bits per heavy atom. The Labute approximate surface area is 182 Å². The van der Waals surface area contributed by atoms with Gasteiger partial charge >= 0.3 is 12.1 Å². The molecule has 1 saturated heterocycles. The van der Waals surface area contributed by atoms with Gasteiger partial charge in [-0.3, -0.25) is 9.59 Å². The average molecular weight is 434 g/mol. The number of hydrogen-bond donors (Lipinski definition) is 1. The number of esters is 1. The number of likely N-dealkylation sites (N-methyl/N-ethyl adjacent to an activating group) is 1. The molecule has 2 rings (SSSR count). The molecule has 1 aliphatic rings. The molecule has 1 aromatic carbocycles. The van der Waals surface area contributed by atoms with Gasteiger partial charge in [-0.15, -0.1) is 0 Å². The van der Waals surface area contributed by atoms with E-state index in [4.69, 9.17) is 9.47 Å². The Balaban J connectivity index is 2.00. The lowest BCUT2D eigenvalue weighted by atomic mass is 10.1. The zero-order valence-electron chi connectivity index (χ0n) is 18.7. The number of hydrogen-bond acceptors (Lipinski definition) is 6. The van der Waals surface area contributed by atoms with Crippen LogP contribution in [0.4, 0.5) is 4.79 Å². The molecule has 0 aliphatic carbocycles. The molecule has 2 atom stereocenters. The summed E-state index contributed by atoms with van der Waals surface area (Å²) in [6.45, 7) is 5.10. The third kappa shape index (κ3) is 7.27. The van der Waals surface area contributed by atoms with Crippen molar-refractivity contribution in [2.24, 2.45) is 0 Å². The van der Waals surface area contributed by atoms with Gasteiger partial charge in [-0.2, -0.15) is 0 Å². The zero-order chi connectivity index (χ0) is 23.2. The maximum Gasteiger partial charge on any atom is 0.410 e. The minimum absolute atomic E-state index is 0.154. The molecule has 0 bridgehead atoms. The number of likely N-dealkylation sites (tertiary alicyclic amines) is 1. The molecule has 9 heteroatoms. The molecule has 0 aromatic heterocycles. The fourth-order valence-electron chi connectivity index (χ4n) is 3.33. The molecule has 31 heavy (non-hydrogen) atoms. The van der Waals surface area contributed by atoms with Crippen molar-refractivity contribution < 1.29 is 28.7 Å². The van der Waals surface area contributed by atoms with Crippen LogP contribution in [0, 0.1) is 0 Å². The molecule has 1 N–H and O–H groups in total. The van der Waals surface area contributed by atoms with E-state index in [0.29, 0.717) is 0 Å². The number of carbonyl (C=O) groups is 4. The van der Waals surface area contributed by atoms with E-state index in [9.17, 15) is 19.2 Å². The minimum Gasteiger partial charge on any atom is -0.467 e. The molecule has 0 radical (unpaired) electrons. The number of amides is 3. The second kappa shape index (κ2) is 10.3. The van der Waals surface area contributed by atoms with Gasteiger partial charge in [0.05, 0.1) is 13.5 Å². The quantitative estimate of drug-likeness (QED) is 0.679. The van der Waals surface area contributed by atoms with Gasteiger partial charge in [-0.1, -0.05) is 30.3 Å². The van der Waals surface area contributed by atoms with Crippen LogP contribution in [-0.4, -0.2) is 78.6 Å². The highest BCUT2D eigenvalue weighted by Gasteiger charge is 2.41. The van der Waals surface area contributed by atoms with Crippen LogP contribution in [0.5, 0.6) is 0 Å². The molecule has 3 amide bonds. The number of nitrogens with zero attached hydrogens (tertiary/aromatic N) is 2. The van der Waals surface area contributed by atoms with E-state index in [1.807, 2.05) is 30.3 Å². The van der Waals surface area contributed by atoms with Crippen LogP contribution in [0.15, 0.2) is 30.3 Å². The standard InChI is InChI=1S/C22H31N3O6/c1-22(2,3)31-21(29)24(4)14-19(27)25-13-16(12-17(25)20(28)30-5)23-18(26)11-15-9-7-6-8-10-15/h6-10,16-17H,11-14H2,1-5H3,(H,23,26)/t16-,17+/m1/s1. The van der Waals surface area contributed by atoms with Crippen LogP contribution in [0.25, 0.3) is 0 Å². The molecular formula is C22H31N3O6. The number of ether oxygens (including phenoxy) is 2. The predicted octanol–water partition coefficient (Wildman–Crippen LogP) is 1.35. The summed E-state index contributed by atoms with van der Waals surface area (Å²) in [6, 6.07) is 8.07. The molecule has 1 fully saturated rings. The van der Waals surface area contributed by atoms with E-state index >= 15 is 0 Å². The molecule has 1 aromatic rings. The second-order valence-corrected chi connectivity index (χ2v) is 8.58. The number of nitrogens with one attached hydrogen (secondary N) is 1. The summed E-state index contributed by atoms with van der Waals surface area (Å²) in [5.74, 6) is -1.18. The number of benzene rings is 1. The Hall–Kier alpha value is -3.10. The fraction of sp³-hybridized carbons (Fsp3) is 0.545. The highest BCUT2D eigenvalue weighted by Crippen LogP contribution is 2.20. The summed E-state index contributed by atoms with van der Waals surface area (Å²) in [5, 5.41) is 2.88. The largest absolute Gasteiger partial charge is 0.467 e. The lowest BCUT2D eigenvalue weighted by Gasteiger charge is -2.27. The Morgan fingerprint density at radius 3 is 2.39 bits per heavy atom. The van der Waals surface area contributed by atoms with Crippen molar-refractivity contribution in [2.45, 2.75) is 51.3 Å². The van der Waals surface area contributed by atoms with Crippen molar-refractivity contribution in [1.29, 1.82) is 0 Å². The Kier molecular flexibility index (Phi) is 8.01. The number of methoxy groups -OCH3 is 1. The van der Waals surface area contributed by atoms with E-state index in [-0.39, 0.29) is 31.8 Å². The van der Waals surface area contributed by atoms with Gasteiger partial charge in [-0.05, 0) is 26.3 Å². The summed E-state index contributed by atoms with van der Waals surface area (Å²) in [5.41, 5.74) is 0.180. The topological polar surface area (TPSA) is 105 Å². The van der Waals surface area contributed by atoms with Crippen molar-refractivity contribution in [1.82, 2.24) is 15.1 Å². The molecule has 9 nitrogen and oxygen atoms in total. The van der Waals surface area contributed by atoms with Crippen molar-refractivity contribution in [3.8, 4) is 0 Å². The first-order chi connectivity index (χ1) is 14.5. The van der Waals surface area contributed by atoms with Crippen molar-refractivity contribution >= 4 is 23.9 Å². The Bertz CT molecular complexity index is 805. The third-order valence-electron chi connectivity index (χ3n) is 4.74. The smallest absolute Gasteiger partial charge is 0.410 e. The third-order valence-corrected chi connectivity index (χ3v) is 4.74. The SMILES string of the molecule is COC(=O)[C@@H]1C[C@@H](NC(=O)Cc2ccccc2)CN1C(=O)CN(C)C(=O)OC(C)(C)C. The van der Waals surface area contributed by atoms with Crippen molar-refractivity contribution in [3.63, 3.8) is 0 Å². The number of carbonyl (C=O) groups excluding carboxylic acids is 4. The van der Waals surface area contributed by atoms with Crippen LogP contribution in [0.1, 0.15) is 32.8 Å². The van der Waals surface area contributed by atoms with Gasteiger partial charge in [0, 0.05) is 26.1 Å². The van der Waals surface area contributed by atoms with Gasteiger partial charge < -0.3 is 24.6 Å². The van der Waals surface area contributed by atoms with Crippen LogP contribution >= 0.6 is 0 Å². The molecule has 0 unspecified atom stereocenters. The van der Waals surface area contributed by atoms with Gasteiger partial charge in [0.2, 0.25) is 11.8 Å². The molecule has 170 valence electrons. The van der Waals surface area contributed by atoms with Crippen LogP contribution in [0.2, 0.25) is 0 Å². The maximum atomic E-state index is 12.8. The first kappa shape index (κ1) is 24.2. The van der Waals surface area contributed by atoms with Gasteiger partial charge in [0.1, 0.15) is 18.2 Å². The van der Waals surface area contributed by atoms with E-state index in [2.05, 4.69) is 5.32 Å². The normalized spacial score (nSPS) is 18.3. The minimum atomic E-state index is -0.827. The highest BCUT2D eigenvalue weighted by atomic mass is 16.6. The molecule has 0 saturated carbocycles. The van der Waals surface area contributed by atoms with Crippen LogP contribution < -0.4 is 5.32 Å². The molecule has 0 spiro atoms. The first-order valence-corrected chi connectivity index (χ1v) is 10.1. The van der Waals surface area contributed by atoms with Crippen LogP contribution in [-0.2, 0) is 30.3 Å². The average Bonchev–Trinajstić information content (AvgIpc) is 3.10. The van der Waals surface area contributed by atoms with Gasteiger partial charge in [0.15, 0.2) is 0 Å². The maximum absolute atomic E-state index is 12.8. The predicted molar refractivity (Wildman–Crippen MR) is 113 cm³/mol. The summed E-state index contributed by atoms with van der Waals surface area (Å²) < 4.78 is 10.1. The molecule has 1 heterocycles. The van der Waals surface area contributed by atoms with E-state index < -0.39 is 35.7 Å². The summed E-state index contributed by atoms with van der Waals surface area (Å²) >= 11 is 0. The van der Waals surface area contributed by atoms with Crippen molar-refractivity contribution in [2.75, 3.05) is 27.2 Å². The van der Waals surface area contributed by atoms with Crippen LogP contribution in [0.3, 0.4) is 0 Å². The lowest BCUT2D eigenvalue weighted by Crippen LogP contribution is -2.47.